The summed E-state index contributed by atoms with van der Waals surface area (Å²) in [5.74, 6) is -5.16. The van der Waals surface area contributed by atoms with Gasteiger partial charge in [0.05, 0.1) is 0 Å². The van der Waals surface area contributed by atoms with E-state index in [9.17, 15) is 18.0 Å². The molecule has 0 saturated carbocycles. The van der Waals surface area contributed by atoms with E-state index >= 15 is 0 Å². The largest absolute Gasteiger partial charge is 0.370 e. The van der Waals surface area contributed by atoms with Crippen molar-refractivity contribution in [3.05, 3.63) is 65.0 Å². The smallest absolute Gasteiger partial charge is 0.244 e. The maximum absolute atomic E-state index is 13.3. The Kier molecular flexibility index (Phi) is 4.16. The highest BCUT2D eigenvalue weighted by Crippen LogP contribution is 2.23. The predicted molar refractivity (Wildman–Crippen MR) is 73.1 cm³/mol. The third-order valence-electron chi connectivity index (χ3n) is 2.99. The van der Waals surface area contributed by atoms with E-state index in [0.717, 1.165) is 17.7 Å². The van der Waals surface area contributed by atoms with Crippen molar-refractivity contribution in [2.75, 3.05) is 5.32 Å². The third kappa shape index (κ3) is 3.34. The van der Waals surface area contributed by atoms with E-state index in [2.05, 4.69) is 5.32 Å². The van der Waals surface area contributed by atoms with E-state index in [1.165, 1.54) is 0 Å². The molecule has 0 fully saturated rings. The predicted octanol–water partition coefficient (Wildman–Crippen LogP) is 3.05. The molecule has 0 aromatic heterocycles. The average molecular weight is 294 g/mol. The zero-order valence-electron chi connectivity index (χ0n) is 11.2. The van der Waals surface area contributed by atoms with Gasteiger partial charge in [0.2, 0.25) is 5.91 Å². The first kappa shape index (κ1) is 14.9. The molecule has 3 N–H and O–H groups in total. The fourth-order valence-electron chi connectivity index (χ4n) is 1.88. The molecule has 3 nitrogen and oxygen atoms in total. The van der Waals surface area contributed by atoms with Gasteiger partial charge in [-0.25, -0.2) is 13.2 Å². The molecule has 0 aliphatic rings. The third-order valence-corrected chi connectivity index (χ3v) is 2.99. The minimum Gasteiger partial charge on any atom is -0.370 e. The van der Waals surface area contributed by atoms with Crippen molar-refractivity contribution in [2.45, 2.75) is 13.0 Å². The Labute approximate surface area is 119 Å². The summed E-state index contributed by atoms with van der Waals surface area (Å²) in [6, 6.07) is 7.31. The van der Waals surface area contributed by atoms with Crippen LogP contribution < -0.4 is 11.1 Å². The number of carbonyl (C=O) groups excluding carboxylic acids is 1. The number of benzene rings is 2. The quantitative estimate of drug-likeness (QED) is 0.852. The molecular formula is C15H13F3N2O. The summed E-state index contributed by atoms with van der Waals surface area (Å²) in [5, 5.41) is 2.77. The Morgan fingerprint density at radius 3 is 2.10 bits per heavy atom. The minimum absolute atomic E-state index is 0.0838. The number of aryl methyl sites for hydroxylation is 1. The molecule has 0 saturated heterocycles. The highest BCUT2D eigenvalue weighted by atomic mass is 19.2. The Balaban J connectivity index is 2.35. The maximum Gasteiger partial charge on any atom is 0.244 e. The second-order valence-corrected chi connectivity index (χ2v) is 4.64. The zero-order valence-corrected chi connectivity index (χ0v) is 11.2. The van der Waals surface area contributed by atoms with Gasteiger partial charge in [-0.3, -0.25) is 4.79 Å². The molecule has 0 heterocycles. The summed E-state index contributed by atoms with van der Waals surface area (Å²) in [4.78, 5) is 11.5. The van der Waals surface area contributed by atoms with E-state index < -0.39 is 29.4 Å². The van der Waals surface area contributed by atoms with Crippen molar-refractivity contribution in [2.24, 2.45) is 5.73 Å². The number of carbonyl (C=O) groups is 1. The van der Waals surface area contributed by atoms with Crippen LogP contribution in [0, 0.1) is 24.4 Å². The number of amides is 1. The van der Waals surface area contributed by atoms with Gasteiger partial charge in [-0.15, -0.1) is 0 Å². The second-order valence-electron chi connectivity index (χ2n) is 4.64. The molecule has 0 spiro atoms. The van der Waals surface area contributed by atoms with Gasteiger partial charge in [0.1, 0.15) is 6.04 Å². The van der Waals surface area contributed by atoms with Crippen molar-refractivity contribution >= 4 is 11.6 Å². The van der Waals surface area contributed by atoms with Crippen LogP contribution in [0.25, 0.3) is 0 Å². The molecule has 6 heteroatoms. The summed E-state index contributed by atoms with van der Waals surface area (Å²) in [5.41, 5.74) is 6.72. The normalized spacial score (nSPS) is 12.0. The Hall–Kier alpha value is -2.50. The van der Waals surface area contributed by atoms with Crippen LogP contribution in [0.1, 0.15) is 17.2 Å². The molecular weight excluding hydrogens is 281 g/mol. The standard InChI is InChI=1S/C15H13F3N2O/c1-8-2-4-10(5-3-8)20-14(15(19)21)9-6-11(16)13(18)12(17)7-9/h2-7,14,20H,1H3,(H2,19,21). The number of hydrogen-bond donors (Lipinski definition) is 2. The van der Waals surface area contributed by atoms with Gasteiger partial charge in [-0.2, -0.15) is 0 Å². The average Bonchev–Trinajstić information content (AvgIpc) is 2.43. The lowest BCUT2D eigenvalue weighted by Gasteiger charge is -2.17. The number of primary amides is 1. The molecule has 0 radical (unpaired) electrons. The Morgan fingerprint density at radius 2 is 1.62 bits per heavy atom. The molecule has 0 bridgehead atoms. The topological polar surface area (TPSA) is 55.1 Å². The van der Waals surface area contributed by atoms with Gasteiger partial charge in [-0.1, -0.05) is 17.7 Å². The number of halogens is 3. The van der Waals surface area contributed by atoms with Crippen LogP contribution in [-0.4, -0.2) is 5.91 Å². The van der Waals surface area contributed by atoms with E-state index in [1.807, 2.05) is 6.92 Å². The zero-order chi connectivity index (χ0) is 15.6. The maximum atomic E-state index is 13.3. The number of anilines is 1. The Bertz CT molecular complexity index is 648. The summed E-state index contributed by atoms with van der Waals surface area (Å²) < 4.78 is 39.5. The molecule has 2 rings (SSSR count). The van der Waals surface area contributed by atoms with Gasteiger partial charge in [0.15, 0.2) is 17.5 Å². The van der Waals surface area contributed by atoms with E-state index in [-0.39, 0.29) is 5.56 Å². The first-order valence-corrected chi connectivity index (χ1v) is 6.15. The van der Waals surface area contributed by atoms with E-state index in [1.54, 1.807) is 24.3 Å². The Morgan fingerprint density at radius 1 is 1.10 bits per heavy atom. The van der Waals surface area contributed by atoms with Crippen molar-refractivity contribution in [3.63, 3.8) is 0 Å². The molecule has 1 amide bonds. The van der Waals surface area contributed by atoms with Gasteiger partial charge in [0.25, 0.3) is 0 Å². The van der Waals surface area contributed by atoms with Crippen LogP contribution in [0.4, 0.5) is 18.9 Å². The summed E-state index contributed by atoms with van der Waals surface area (Å²) in [7, 11) is 0. The molecule has 21 heavy (non-hydrogen) atoms. The number of rotatable bonds is 4. The van der Waals surface area contributed by atoms with Crippen LogP contribution in [0.5, 0.6) is 0 Å². The van der Waals surface area contributed by atoms with Crippen molar-refractivity contribution in [1.82, 2.24) is 0 Å². The lowest BCUT2D eigenvalue weighted by Crippen LogP contribution is -2.28. The van der Waals surface area contributed by atoms with Crippen LogP contribution in [-0.2, 0) is 4.79 Å². The van der Waals surface area contributed by atoms with Crippen LogP contribution in [0.2, 0.25) is 0 Å². The first-order chi connectivity index (χ1) is 9.88. The lowest BCUT2D eigenvalue weighted by molar-refractivity contribution is -0.118. The molecule has 2 aromatic rings. The van der Waals surface area contributed by atoms with Gasteiger partial charge in [-0.05, 0) is 36.8 Å². The molecule has 0 aliphatic heterocycles. The summed E-state index contributed by atoms with van der Waals surface area (Å²) in [6.07, 6.45) is 0. The lowest BCUT2D eigenvalue weighted by atomic mass is 10.0. The highest BCUT2D eigenvalue weighted by Gasteiger charge is 2.21. The fraction of sp³-hybridized carbons (Fsp3) is 0.133. The van der Waals surface area contributed by atoms with Crippen molar-refractivity contribution < 1.29 is 18.0 Å². The van der Waals surface area contributed by atoms with Gasteiger partial charge >= 0.3 is 0 Å². The van der Waals surface area contributed by atoms with E-state index in [4.69, 9.17) is 5.73 Å². The van der Waals surface area contributed by atoms with Gasteiger partial charge < -0.3 is 11.1 Å². The highest BCUT2D eigenvalue weighted by molar-refractivity contribution is 5.84. The summed E-state index contributed by atoms with van der Waals surface area (Å²) >= 11 is 0. The van der Waals surface area contributed by atoms with Gasteiger partial charge in [0, 0.05) is 5.69 Å². The molecule has 1 atom stereocenters. The van der Waals surface area contributed by atoms with Crippen LogP contribution in [0.3, 0.4) is 0 Å². The monoisotopic (exact) mass is 294 g/mol. The summed E-state index contributed by atoms with van der Waals surface area (Å²) in [6.45, 7) is 1.89. The fourth-order valence-corrected chi connectivity index (χ4v) is 1.88. The van der Waals surface area contributed by atoms with Crippen molar-refractivity contribution in [3.8, 4) is 0 Å². The SMILES string of the molecule is Cc1ccc(NC(C(N)=O)c2cc(F)c(F)c(F)c2)cc1. The number of nitrogens with two attached hydrogens (primary N) is 1. The minimum atomic E-state index is -1.59. The van der Waals surface area contributed by atoms with Crippen LogP contribution in [0.15, 0.2) is 36.4 Å². The molecule has 2 aromatic carbocycles. The van der Waals surface area contributed by atoms with Crippen molar-refractivity contribution in [1.29, 1.82) is 0 Å². The van der Waals surface area contributed by atoms with E-state index in [0.29, 0.717) is 5.69 Å². The first-order valence-electron chi connectivity index (χ1n) is 6.15. The number of hydrogen-bond acceptors (Lipinski definition) is 2. The second kappa shape index (κ2) is 5.87. The number of nitrogens with one attached hydrogen (secondary N) is 1. The van der Waals surface area contributed by atoms with Crippen LogP contribution >= 0.6 is 0 Å². The molecule has 1 unspecified atom stereocenters. The molecule has 0 aliphatic carbocycles. The molecule has 110 valence electrons.